The summed E-state index contributed by atoms with van der Waals surface area (Å²) in [6.45, 7) is 8.23. The van der Waals surface area contributed by atoms with Crippen LogP contribution in [0.2, 0.25) is 0 Å². The van der Waals surface area contributed by atoms with Gasteiger partial charge in [-0.2, -0.15) is 0 Å². The topological polar surface area (TPSA) is 49.3 Å². The first kappa shape index (κ1) is 20.5. The predicted octanol–water partition coefficient (Wildman–Crippen LogP) is 4.55. The maximum atomic E-state index is 13.0. The number of hydrogen-bond donors (Lipinski definition) is 0. The highest BCUT2D eigenvalue weighted by Gasteiger charge is 2.21. The largest absolute Gasteiger partial charge is 0.351 e. The number of aromatic nitrogens is 2. The standard InChI is InChI=1S/C24H28N4O/c1-4-27(17-20-11-7-5-8-12-20)23-16-25-22(15-26-23)24(29)28(19(2)3)18-21-13-9-6-10-14-21/h5-16,19H,4,17-18H2,1-3H3. The zero-order valence-corrected chi connectivity index (χ0v) is 17.3. The number of benzene rings is 2. The molecule has 3 aromatic rings. The van der Waals surface area contributed by atoms with E-state index in [2.05, 4.69) is 33.9 Å². The lowest BCUT2D eigenvalue weighted by Gasteiger charge is -2.27. The lowest BCUT2D eigenvalue weighted by atomic mass is 10.2. The van der Waals surface area contributed by atoms with Gasteiger partial charge in [-0.3, -0.25) is 4.79 Å². The van der Waals surface area contributed by atoms with Gasteiger partial charge in [0.1, 0.15) is 11.5 Å². The zero-order valence-electron chi connectivity index (χ0n) is 17.3. The third kappa shape index (κ3) is 5.41. The summed E-state index contributed by atoms with van der Waals surface area (Å²) in [6.07, 6.45) is 3.28. The molecule has 1 aromatic heterocycles. The molecule has 0 radical (unpaired) electrons. The number of rotatable bonds is 8. The summed E-state index contributed by atoms with van der Waals surface area (Å²) in [5.74, 6) is 0.668. The molecule has 1 heterocycles. The van der Waals surface area contributed by atoms with Crippen molar-refractivity contribution < 1.29 is 4.79 Å². The van der Waals surface area contributed by atoms with E-state index in [4.69, 9.17) is 0 Å². The van der Waals surface area contributed by atoms with Gasteiger partial charge in [0, 0.05) is 25.7 Å². The van der Waals surface area contributed by atoms with E-state index in [1.807, 2.05) is 67.3 Å². The first-order chi connectivity index (χ1) is 14.1. The fourth-order valence-electron chi connectivity index (χ4n) is 3.17. The molecule has 0 atom stereocenters. The molecule has 0 aliphatic carbocycles. The quantitative estimate of drug-likeness (QED) is 0.568. The minimum Gasteiger partial charge on any atom is -0.351 e. The van der Waals surface area contributed by atoms with Crippen LogP contribution in [-0.4, -0.2) is 33.4 Å². The number of amides is 1. The maximum absolute atomic E-state index is 13.0. The van der Waals surface area contributed by atoms with Gasteiger partial charge in [-0.05, 0) is 31.9 Å². The molecular weight excluding hydrogens is 360 g/mol. The molecule has 0 saturated heterocycles. The number of carbonyl (C=O) groups is 1. The Morgan fingerprint density at radius 1 is 0.862 bits per heavy atom. The maximum Gasteiger partial charge on any atom is 0.274 e. The van der Waals surface area contributed by atoms with Gasteiger partial charge < -0.3 is 9.80 Å². The van der Waals surface area contributed by atoms with Crippen molar-refractivity contribution in [2.24, 2.45) is 0 Å². The van der Waals surface area contributed by atoms with Crippen LogP contribution in [0.1, 0.15) is 42.4 Å². The molecule has 1 amide bonds. The van der Waals surface area contributed by atoms with Gasteiger partial charge in [0.25, 0.3) is 5.91 Å². The van der Waals surface area contributed by atoms with Crippen LogP contribution in [0.15, 0.2) is 73.1 Å². The summed E-state index contributed by atoms with van der Waals surface area (Å²) in [4.78, 5) is 26.0. The molecule has 29 heavy (non-hydrogen) atoms. The van der Waals surface area contributed by atoms with Crippen molar-refractivity contribution in [2.75, 3.05) is 11.4 Å². The third-order valence-electron chi connectivity index (χ3n) is 4.86. The second-order valence-electron chi connectivity index (χ2n) is 7.27. The van der Waals surface area contributed by atoms with Crippen LogP contribution < -0.4 is 4.90 Å². The van der Waals surface area contributed by atoms with Crippen LogP contribution in [0.5, 0.6) is 0 Å². The molecule has 3 rings (SSSR count). The van der Waals surface area contributed by atoms with Gasteiger partial charge in [-0.25, -0.2) is 9.97 Å². The Morgan fingerprint density at radius 2 is 1.45 bits per heavy atom. The van der Waals surface area contributed by atoms with Crippen molar-refractivity contribution in [1.29, 1.82) is 0 Å². The van der Waals surface area contributed by atoms with E-state index in [-0.39, 0.29) is 11.9 Å². The van der Waals surface area contributed by atoms with E-state index in [0.717, 1.165) is 24.5 Å². The van der Waals surface area contributed by atoms with Crippen molar-refractivity contribution in [1.82, 2.24) is 14.9 Å². The monoisotopic (exact) mass is 388 g/mol. The van der Waals surface area contributed by atoms with Gasteiger partial charge in [0.05, 0.1) is 12.4 Å². The van der Waals surface area contributed by atoms with E-state index in [0.29, 0.717) is 12.2 Å². The second-order valence-corrected chi connectivity index (χ2v) is 7.27. The number of nitrogens with zero attached hydrogens (tertiary/aromatic N) is 4. The predicted molar refractivity (Wildman–Crippen MR) is 117 cm³/mol. The molecule has 0 aliphatic heterocycles. The Kier molecular flexibility index (Phi) is 6.95. The van der Waals surface area contributed by atoms with Crippen LogP contribution in [0.4, 0.5) is 5.82 Å². The van der Waals surface area contributed by atoms with Crippen molar-refractivity contribution in [3.63, 3.8) is 0 Å². The molecule has 0 aliphatic rings. The highest BCUT2D eigenvalue weighted by Crippen LogP contribution is 2.16. The van der Waals surface area contributed by atoms with Crippen molar-refractivity contribution in [3.05, 3.63) is 89.9 Å². The van der Waals surface area contributed by atoms with E-state index >= 15 is 0 Å². The Morgan fingerprint density at radius 3 is 1.93 bits per heavy atom. The van der Waals surface area contributed by atoms with Gasteiger partial charge in [-0.15, -0.1) is 0 Å². The van der Waals surface area contributed by atoms with Crippen LogP contribution in [-0.2, 0) is 13.1 Å². The van der Waals surface area contributed by atoms with Crippen molar-refractivity contribution in [3.8, 4) is 0 Å². The molecule has 2 aromatic carbocycles. The molecule has 5 nitrogen and oxygen atoms in total. The molecule has 0 bridgehead atoms. The summed E-state index contributed by atoms with van der Waals surface area (Å²) < 4.78 is 0. The van der Waals surface area contributed by atoms with Crippen LogP contribution >= 0.6 is 0 Å². The lowest BCUT2D eigenvalue weighted by molar-refractivity contribution is 0.0684. The number of carbonyl (C=O) groups excluding carboxylic acids is 1. The van der Waals surface area contributed by atoms with Crippen molar-refractivity contribution >= 4 is 11.7 Å². The number of hydrogen-bond acceptors (Lipinski definition) is 4. The number of anilines is 1. The lowest BCUT2D eigenvalue weighted by Crippen LogP contribution is -2.37. The summed E-state index contributed by atoms with van der Waals surface area (Å²) >= 11 is 0. The Labute approximate surface area is 173 Å². The summed E-state index contributed by atoms with van der Waals surface area (Å²) in [6, 6.07) is 20.3. The third-order valence-corrected chi connectivity index (χ3v) is 4.86. The van der Waals surface area contributed by atoms with Gasteiger partial charge in [-0.1, -0.05) is 60.7 Å². The highest BCUT2D eigenvalue weighted by atomic mass is 16.2. The molecule has 0 unspecified atom stereocenters. The smallest absolute Gasteiger partial charge is 0.274 e. The minimum atomic E-state index is -0.103. The molecule has 5 heteroatoms. The second kappa shape index (κ2) is 9.82. The Bertz CT molecular complexity index is 895. The van der Waals surface area contributed by atoms with Gasteiger partial charge in [0.15, 0.2) is 0 Å². The average molecular weight is 389 g/mol. The van der Waals surface area contributed by atoms with E-state index in [1.165, 1.54) is 5.56 Å². The summed E-state index contributed by atoms with van der Waals surface area (Å²) in [5, 5.41) is 0. The average Bonchev–Trinajstić information content (AvgIpc) is 2.77. The summed E-state index contributed by atoms with van der Waals surface area (Å²) in [5.41, 5.74) is 2.68. The first-order valence-corrected chi connectivity index (χ1v) is 10.0. The zero-order chi connectivity index (χ0) is 20.6. The van der Waals surface area contributed by atoms with Gasteiger partial charge in [0.2, 0.25) is 0 Å². The molecule has 0 fully saturated rings. The van der Waals surface area contributed by atoms with Crippen LogP contribution in [0.25, 0.3) is 0 Å². The summed E-state index contributed by atoms with van der Waals surface area (Å²) in [7, 11) is 0. The van der Waals surface area contributed by atoms with Gasteiger partial charge >= 0.3 is 0 Å². The molecular formula is C24H28N4O. The molecule has 0 saturated carbocycles. The van der Waals surface area contributed by atoms with Crippen LogP contribution in [0, 0.1) is 0 Å². The van der Waals surface area contributed by atoms with E-state index in [9.17, 15) is 4.79 Å². The van der Waals surface area contributed by atoms with E-state index in [1.54, 1.807) is 12.4 Å². The highest BCUT2D eigenvalue weighted by molar-refractivity contribution is 5.92. The van der Waals surface area contributed by atoms with Crippen LogP contribution in [0.3, 0.4) is 0 Å². The molecule has 150 valence electrons. The Hall–Kier alpha value is -3.21. The Balaban J connectivity index is 1.74. The normalized spacial score (nSPS) is 10.8. The first-order valence-electron chi connectivity index (χ1n) is 10.0. The van der Waals surface area contributed by atoms with Crippen molar-refractivity contribution in [2.45, 2.75) is 39.9 Å². The minimum absolute atomic E-state index is 0.0643. The van der Waals surface area contributed by atoms with E-state index < -0.39 is 0 Å². The fourth-order valence-corrected chi connectivity index (χ4v) is 3.17. The fraction of sp³-hybridized carbons (Fsp3) is 0.292. The SMILES string of the molecule is CCN(Cc1ccccc1)c1cnc(C(=O)N(Cc2ccccc2)C(C)C)cn1. The molecule has 0 spiro atoms. The molecule has 0 N–H and O–H groups in total.